The van der Waals surface area contributed by atoms with Crippen molar-refractivity contribution in [2.24, 2.45) is 0 Å². The first-order chi connectivity index (χ1) is 16.2. The Bertz CT molecular complexity index is 1160. The van der Waals surface area contributed by atoms with E-state index < -0.39 is 16.1 Å². The lowest BCUT2D eigenvalue weighted by molar-refractivity contribution is -0.133. The number of fused-ring (bicyclic) bond motifs is 1. The van der Waals surface area contributed by atoms with Gasteiger partial charge in [-0.1, -0.05) is 55.2 Å². The van der Waals surface area contributed by atoms with E-state index >= 15 is 0 Å². The molecule has 7 nitrogen and oxygen atoms in total. The van der Waals surface area contributed by atoms with Gasteiger partial charge in [0.25, 0.3) is 10.0 Å². The minimum Gasteiger partial charge on any atom is -0.338 e. The van der Waals surface area contributed by atoms with Gasteiger partial charge in [-0.3, -0.25) is 4.79 Å². The molecule has 2 aliphatic rings. The molecule has 2 N–H and O–H groups in total. The number of carbonyl (C=O) groups is 2. The molecule has 182 valence electrons. The maximum Gasteiger partial charge on any atom is 0.328 e. The number of nitrogens with one attached hydrogen (secondary N) is 2. The summed E-state index contributed by atoms with van der Waals surface area (Å²) < 4.78 is 27.9. The Morgan fingerprint density at radius 3 is 2.41 bits per heavy atom. The summed E-state index contributed by atoms with van der Waals surface area (Å²) in [7, 11) is -4.01. The van der Waals surface area contributed by atoms with E-state index in [-0.39, 0.29) is 22.8 Å². The van der Waals surface area contributed by atoms with Gasteiger partial charge in [0.15, 0.2) is 0 Å². The SMILES string of the molecule is Cc1ccc(C(C)C(=O)N2CCc3ccc(S(=O)(=O)NC(=O)NC4CCCCC4)cc3C2)cc1. The Morgan fingerprint density at radius 2 is 1.71 bits per heavy atom. The van der Waals surface area contributed by atoms with E-state index in [1.807, 2.05) is 38.1 Å². The van der Waals surface area contributed by atoms with Gasteiger partial charge in [-0.2, -0.15) is 0 Å². The first kappa shape index (κ1) is 24.3. The fourth-order valence-corrected chi connectivity index (χ4v) is 5.77. The van der Waals surface area contributed by atoms with Crippen LogP contribution in [0.1, 0.15) is 67.2 Å². The summed E-state index contributed by atoms with van der Waals surface area (Å²) in [5, 5.41) is 2.78. The van der Waals surface area contributed by atoms with Crippen molar-refractivity contribution >= 4 is 22.0 Å². The van der Waals surface area contributed by atoms with Crippen LogP contribution in [0.4, 0.5) is 4.79 Å². The lowest BCUT2D eigenvalue weighted by atomic mass is 9.95. The van der Waals surface area contributed by atoms with E-state index in [1.54, 1.807) is 17.0 Å². The van der Waals surface area contributed by atoms with Gasteiger partial charge >= 0.3 is 6.03 Å². The topological polar surface area (TPSA) is 95.6 Å². The molecule has 0 spiro atoms. The first-order valence-electron chi connectivity index (χ1n) is 12.0. The van der Waals surface area contributed by atoms with Crippen LogP contribution in [-0.2, 0) is 27.8 Å². The number of rotatable bonds is 5. The van der Waals surface area contributed by atoms with Gasteiger partial charge in [0.1, 0.15) is 0 Å². The highest BCUT2D eigenvalue weighted by atomic mass is 32.2. The Hall–Kier alpha value is -2.87. The van der Waals surface area contributed by atoms with Crippen LogP contribution in [0.3, 0.4) is 0 Å². The van der Waals surface area contributed by atoms with Gasteiger partial charge in [0.05, 0.1) is 10.8 Å². The molecule has 3 amide bonds. The van der Waals surface area contributed by atoms with Crippen molar-refractivity contribution in [2.75, 3.05) is 6.54 Å². The predicted octanol–water partition coefficient (Wildman–Crippen LogP) is 4.00. The van der Waals surface area contributed by atoms with Crippen molar-refractivity contribution in [3.05, 3.63) is 64.7 Å². The van der Waals surface area contributed by atoms with Gasteiger partial charge in [-0.15, -0.1) is 0 Å². The standard InChI is InChI=1S/C26H33N3O4S/c1-18-8-10-20(11-9-18)19(2)25(30)29-15-14-21-12-13-24(16-22(21)17-29)34(32,33)28-26(31)27-23-6-4-3-5-7-23/h8-13,16,19,23H,3-7,14-15,17H2,1-2H3,(H2,27,28,31). The molecular formula is C26H33N3O4S. The highest BCUT2D eigenvalue weighted by molar-refractivity contribution is 7.90. The number of amides is 3. The Labute approximate surface area is 202 Å². The van der Waals surface area contributed by atoms with E-state index in [9.17, 15) is 18.0 Å². The molecule has 1 atom stereocenters. The van der Waals surface area contributed by atoms with Gasteiger partial charge < -0.3 is 10.2 Å². The zero-order chi connectivity index (χ0) is 24.3. The van der Waals surface area contributed by atoms with Crippen LogP contribution in [-0.4, -0.2) is 37.8 Å². The van der Waals surface area contributed by atoms with Crippen molar-refractivity contribution in [1.82, 2.24) is 14.9 Å². The van der Waals surface area contributed by atoms with Crippen LogP contribution in [0.25, 0.3) is 0 Å². The zero-order valence-electron chi connectivity index (χ0n) is 19.8. The minimum absolute atomic E-state index is 0.0163. The number of hydrogen-bond acceptors (Lipinski definition) is 4. The van der Waals surface area contributed by atoms with E-state index in [1.165, 1.54) is 6.07 Å². The van der Waals surface area contributed by atoms with E-state index in [0.717, 1.165) is 54.4 Å². The first-order valence-corrected chi connectivity index (χ1v) is 13.5. The summed E-state index contributed by atoms with van der Waals surface area (Å²) in [5.74, 6) is -0.257. The molecule has 1 aliphatic heterocycles. The Kier molecular flexibility index (Phi) is 7.26. The average Bonchev–Trinajstić information content (AvgIpc) is 2.83. The summed E-state index contributed by atoms with van der Waals surface area (Å²) in [6.07, 6.45) is 5.64. The largest absolute Gasteiger partial charge is 0.338 e. The molecule has 0 radical (unpaired) electrons. The van der Waals surface area contributed by atoms with Gasteiger partial charge in [-0.05, 0) is 61.9 Å². The molecule has 1 saturated carbocycles. The number of sulfonamides is 1. The van der Waals surface area contributed by atoms with Crippen molar-refractivity contribution in [3.63, 3.8) is 0 Å². The second-order valence-electron chi connectivity index (χ2n) is 9.49. The van der Waals surface area contributed by atoms with Gasteiger partial charge in [0.2, 0.25) is 5.91 Å². The zero-order valence-corrected chi connectivity index (χ0v) is 20.7. The summed E-state index contributed by atoms with van der Waals surface area (Å²) in [4.78, 5) is 27.3. The molecule has 0 aromatic heterocycles. The van der Waals surface area contributed by atoms with E-state index in [0.29, 0.717) is 19.5 Å². The van der Waals surface area contributed by atoms with Crippen LogP contribution < -0.4 is 10.0 Å². The van der Waals surface area contributed by atoms with Crippen LogP contribution in [0.15, 0.2) is 47.4 Å². The molecule has 1 heterocycles. The second kappa shape index (κ2) is 10.2. The quantitative estimate of drug-likeness (QED) is 0.672. The summed E-state index contributed by atoms with van der Waals surface area (Å²) in [6, 6.07) is 12.2. The third-order valence-electron chi connectivity index (χ3n) is 6.93. The maximum absolute atomic E-state index is 13.2. The average molecular weight is 484 g/mol. The normalized spacial score (nSPS) is 17.5. The number of hydrogen-bond donors (Lipinski definition) is 2. The second-order valence-corrected chi connectivity index (χ2v) is 11.2. The molecule has 1 fully saturated rings. The van der Waals surface area contributed by atoms with E-state index in [4.69, 9.17) is 0 Å². The van der Waals surface area contributed by atoms with Crippen LogP contribution >= 0.6 is 0 Å². The third kappa shape index (κ3) is 5.60. The van der Waals surface area contributed by atoms with Crippen molar-refractivity contribution < 1.29 is 18.0 Å². The van der Waals surface area contributed by atoms with Crippen LogP contribution in [0.2, 0.25) is 0 Å². The number of urea groups is 1. The number of aryl methyl sites for hydroxylation is 1. The number of nitrogens with zero attached hydrogens (tertiary/aromatic N) is 1. The van der Waals surface area contributed by atoms with Gasteiger partial charge in [-0.25, -0.2) is 17.9 Å². The predicted molar refractivity (Wildman–Crippen MR) is 131 cm³/mol. The third-order valence-corrected chi connectivity index (χ3v) is 8.26. The maximum atomic E-state index is 13.2. The Morgan fingerprint density at radius 1 is 1.00 bits per heavy atom. The molecule has 2 aromatic rings. The van der Waals surface area contributed by atoms with E-state index in [2.05, 4.69) is 10.0 Å². The molecule has 0 saturated heterocycles. The Balaban J connectivity index is 1.44. The highest BCUT2D eigenvalue weighted by Gasteiger charge is 2.27. The molecule has 4 rings (SSSR count). The molecule has 34 heavy (non-hydrogen) atoms. The smallest absolute Gasteiger partial charge is 0.328 e. The van der Waals surface area contributed by atoms with Gasteiger partial charge in [0, 0.05) is 19.1 Å². The fraction of sp³-hybridized carbons (Fsp3) is 0.462. The number of benzene rings is 2. The fourth-order valence-electron chi connectivity index (χ4n) is 4.80. The van der Waals surface area contributed by atoms with Crippen molar-refractivity contribution in [2.45, 2.75) is 75.8 Å². The molecule has 2 aromatic carbocycles. The summed E-state index contributed by atoms with van der Waals surface area (Å²) in [6.45, 7) is 4.86. The highest BCUT2D eigenvalue weighted by Crippen LogP contribution is 2.26. The molecule has 1 aliphatic carbocycles. The van der Waals surface area contributed by atoms with Crippen molar-refractivity contribution in [1.29, 1.82) is 0 Å². The lowest BCUT2D eigenvalue weighted by Crippen LogP contribution is -2.45. The monoisotopic (exact) mass is 483 g/mol. The lowest BCUT2D eigenvalue weighted by Gasteiger charge is -2.31. The molecule has 0 bridgehead atoms. The molecule has 8 heteroatoms. The summed E-state index contributed by atoms with van der Waals surface area (Å²) in [5.41, 5.74) is 3.93. The summed E-state index contributed by atoms with van der Waals surface area (Å²) >= 11 is 0. The molecular weight excluding hydrogens is 450 g/mol. The van der Waals surface area contributed by atoms with Crippen molar-refractivity contribution in [3.8, 4) is 0 Å². The van der Waals surface area contributed by atoms with Crippen LogP contribution in [0, 0.1) is 6.92 Å². The number of carbonyl (C=O) groups excluding carboxylic acids is 2. The van der Waals surface area contributed by atoms with Crippen LogP contribution in [0.5, 0.6) is 0 Å². The molecule has 1 unspecified atom stereocenters. The minimum atomic E-state index is -4.01.